The van der Waals surface area contributed by atoms with Crippen LogP contribution in [0.3, 0.4) is 0 Å². The summed E-state index contributed by atoms with van der Waals surface area (Å²) in [5.74, 6) is -0.102. The fraction of sp³-hybridized carbons (Fsp3) is 0.0833. The van der Waals surface area contributed by atoms with E-state index in [0.29, 0.717) is 16.7 Å². The topological polar surface area (TPSA) is 69.4 Å². The second-order valence-corrected chi connectivity index (χ2v) is 3.55. The van der Waals surface area contributed by atoms with Crippen LogP contribution in [0, 0.1) is 0 Å². The maximum Gasteiger partial charge on any atom is 0.177 e. The predicted molar refractivity (Wildman–Crippen MR) is 59.4 cm³/mol. The van der Waals surface area contributed by atoms with Crippen molar-refractivity contribution in [3.8, 4) is 0 Å². The highest BCUT2D eigenvalue weighted by molar-refractivity contribution is 6.14. The quantitative estimate of drug-likeness (QED) is 0.666. The standard InChI is InChI=1S/C12H9NO3/c13-6-10(14)9-5-7-1-3-15-11(7)12-8(9)2-4-16-12/h1-5H,6,13H2. The van der Waals surface area contributed by atoms with Gasteiger partial charge in [-0.25, -0.2) is 0 Å². The maximum atomic E-state index is 11.7. The van der Waals surface area contributed by atoms with Crippen LogP contribution in [-0.2, 0) is 0 Å². The van der Waals surface area contributed by atoms with E-state index in [1.165, 1.54) is 0 Å². The van der Waals surface area contributed by atoms with E-state index in [2.05, 4.69) is 0 Å². The van der Waals surface area contributed by atoms with Crippen molar-refractivity contribution in [3.63, 3.8) is 0 Å². The second-order valence-electron chi connectivity index (χ2n) is 3.55. The molecule has 0 spiro atoms. The Morgan fingerprint density at radius 2 is 1.94 bits per heavy atom. The number of carbonyl (C=O) groups is 1. The molecule has 0 aliphatic rings. The molecule has 4 nitrogen and oxygen atoms in total. The van der Waals surface area contributed by atoms with Crippen LogP contribution in [0.1, 0.15) is 10.4 Å². The van der Waals surface area contributed by atoms with Crippen molar-refractivity contribution in [2.24, 2.45) is 5.73 Å². The molecule has 16 heavy (non-hydrogen) atoms. The molecule has 0 fully saturated rings. The third kappa shape index (κ3) is 1.10. The lowest BCUT2D eigenvalue weighted by Crippen LogP contribution is -2.13. The summed E-state index contributed by atoms with van der Waals surface area (Å²) in [6.45, 7) is -0.0103. The van der Waals surface area contributed by atoms with Crippen molar-refractivity contribution in [2.45, 2.75) is 0 Å². The molecule has 0 amide bonds. The van der Waals surface area contributed by atoms with Crippen LogP contribution >= 0.6 is 0 Å². The van der Waals surface area contributed by atoms with Gasteiger partial charge in [0.25, 0.3) is 0 Å². The molecular weight excluding hydrogens is 206 g/mol. The van der Waals surface area contributed by atoms with Gasteiger partial charge >= 0.3 is 0 Å². The molecule has 0 saturated heterocycles. The molecule has 0 saturated carbocycles. The van der Waals surface area contributed by atoms with Gasteiger partial charge in [0.1, 0.15) is 0 Å². The summed E-state index contributed by atoms with van der Waals surface area (Å²) in [5, 5.41) is 1.59. The van der Waals surface area contributed by atoms with Crippen LogP contribution in [0.2, 0.25) is 0 Å². The first-order valence-corrected chi connectivity index (χ1v) is 4.92. The minimum atomic E-state index is -0.102. The highest BCUT2D eigenvalue weighted by atomic mass is 16.4. The Morgan fingerprint density at radius 3 is 2.75 bits per heavy atom. The number of ketones is 1. The summed E-state index contributed by atoms with van der Waals surface area (Å²) in [6.07, 6.45) is 3.11. The molecule has 3 rings (SSSR count). The Hall–Kier alpha value is -2.07. The average molecular weight is 215 g/mol. The Bertz CT molecular complexity index is 678. The number of benzene rings is 1. The van der Waals surface area contributed by atoms with Crippen molar-refractivity contribution >= 4 is 27.7 Å². The SMILES string of the molecule is NCC(=O)c1cc2ccoc2c2occc12. The van der Waals surface area contributed by atoms with Gasteiger partial charge in [0.2, 0.25) is 0 Å². The summed E-state index contributed by atoms with van der Waals surface area (Å²) in [5.41, 5.74) is 7.22. The van der Waals surface area contributed by atoms with E-state index in [4.69, 9.17) is 14.6 Å². The van der Waals surface area contributed by atoms with E-state index < -0.39 is 0 Å². The van der Waals surface area contributed by atoms with Crippen LogP contribution in [0.15, 0.2) is 39.6 Å². The molecular formula is C12H9NO3. The number of Topliss-reactive ketones (excluding diaryl/α,β-unsaturated/α-hetero) is 1. The molecule has 2 heterocycles. The van der Waals surface area contributed by atoms with Crippen molar-refractivity contribution in [3.05, 3.63) is 36.3 Å². The van der Waals surface area contributed by atoms with E-state index in [9.17, 15) is 4.79 Å². The first-order chi connectivity index (χ1) is 7.81. The van der Waals surface area contributed by atoms with Gasteiger partial charge in [-0.1, -0.05) is 0 Å². The van der Waals surface area contributed by atoms with Crippen molar-refractivity contribution < 1.29 is 13.6 Å². The van der Waals surface area contributed by atoms with Gasteiger partial charge < -0.3 is 14.6 Å². The molecule has 0 unspecified atom stereocenters. The molecule has 4 heteroatoms. The summed E-state index contributed by atoms with van der Waals surface area (Å²) in [7, 11) is 0. The highest BCUT2D eigenvalue weighted by Crippen LogP contribution is 2.30. The second kappa shape index (κ2) is 3.21. The number of fused-ring (bicyclic) bond motifs is 3. The van der Waals surface area contributed by atoms with Crippen LogP contribution in [0.25, 0.3) is 21.9 Å². The van der Waals surface area contributed by atoms with Crippen molar-refractivity contribution in [1.82, 2.24) is 0 Å². The predicted octanol–water partition coefficient (Wildman–Crippen LogP) is 2.32. The van der Waals surface area contributed by atoms with Gasteiger partial charge in [0.05, 0.1) is 19.1 Å². The Morgan fingerprint density at radius 1 is 1.19 bits per heavy atom. The fourth-order valence-corrected chi connectivity index (χ4v) is 1.89. The molecule has 1 aromatic carbocycles. The minimum Gasteiger partial charge on any atom is -0.460 e. The van der Waals surface area contributed by atoms with Crippen LogP contribution in [-0.4, -0.2) is 12.3 Å². The molecule has 2 aromatic heterocycles. The number of rotatable bonds is 2. The fourth-order valence-electron chi connectivity index (χ4n) is 1.89. The first-order valence-electron chi connectivity index (χ1n) is 4.92. The number of hydrogen-bond acceptors (Lipinski definition) is 4. The van der Waals surface area contributed by atoms with Crippen LogP contribution < -0.4 is 5.73 Å². The summed E-state index contributed by atoms with van der Waals surface area (Å²) in [4.78, 5) is 11.7. The lowest BCUT2D eigenvalue weighted by Gasteiger charge is -2.00. The lowest BCUT2D eigenvalue weighted by atomic mass is 10.0. The van der Waals surface area contributed by atoms with Gasteiger partial charge in [-0.3, -0.25) is 4.79 Å². The van der Waals surface area contributed by atoms with Gasteiger partial charge in [-0.2, -0.15) is 0 Å². The third-order valence-electron chi connectivity index (χ3n) is 2.64. The minimum absolute atomic E-state index is 0.0103. The lowest BCUT2D eigenvalue weighted by molar-refractivity contribution is 0.100. The molecule has 2 N–H and O–H groups in total. The summed E-state index contributed by atoms with van der Waals surface area (Å²) in [6, 6.07) is 5.33. The molecule has 0 aliphatic carbocycles. The highest BCUT2D eigenvalue weighted by Gasteiger charge is 2.15. The maximum absolute atomic E-state index is 11.7. The molecule has 3 aromatic rings. The molecule has 0 bridgehead atoms. The van der Waals surface area contributed by atoms with E-state index in [1.54, 1.807) is 30.7 Å². The normalized spacial score (nSPS) is 11.3. The largest absolute Gasteiger partial charge is 0.460 e. The van der Waals surface area contributed by atoms with Crippen LogP contribution in [0.5, 0.6) is 0 Å². The number of carbonyl (C=O) groups excluding carboxylic acids is 1. The Balaban J connectivity index is 2.47. The Labute approximate surface area is 90.6 Å². The Kier molecular flexibility index (Phi) is 1.84. The van der Waals surface area contributed by atoms with Crippen LogP contribution in [0.4, 0.5) is 0 Å². The van der Waals surface area contributed by atoms with E-state index in [0.717, 1.165) is 10.8 Å². The van der Waals surface area contributed by atoms with Gasteiger partial charge in [-0.05, 0) is 18.2 Å². The molecule has 0 aliphatic heterocycles. The van der Waals surface area contributed by atoms with Crippen molar-refractivity contribution in [2.75, 3.05) is 6.54 Å². The summed E-state index contributed by atoms with van der Waals surface area (Å²) < 4.78 is 10.7. The zero-order valence-electron chi connectivity index (χ0n) is 8.40. The number of furan rings is 2. The van der Waals surface area contributed by atoms with Crippen molar-refractivity contribution in [1.29, 1.82) is 0 Å². The zero-order valence-corrected chi connectivity index (χ0v) is 8.40. The smallest absolute Gasteiger partial charge is 0.177 e. The van der Waals surface area contributed by atoms with Gasteiger partial charge in [0, 0.05) is 16.3 Å². The van der Waals surface area contributed by atoms with E-state index in [1.807, 2.05) is 0 Å². The zero-order chi connectivity index (χ0) is 11.1. The molecule has 80 valence electrons. The van der Waals surface area contributed by atoms with E-state index in [-0.39, 0.29) is 12.3 Å². The van der Waals surface area contributed by atoms with Gasteiger partial charge in [0.15, 0.2) is 16.9 Å². The molecule has 0 radical (unpaired) electrons. The third-order valence-corrected chi connectivity index (χ3v) is 2.64. The number of nitrogens with two attached hydrogens (primary N) is 1. The average Bonchev–Trinajstić information content (AvgIpc) is 2.93. The van der Waals surface area contributed by atoms with E-state index >= 15 is 0 Å². The number of hydrogen-bond donors (Lipinski definition) is 1. The molecule has 0 atom stereocenters. The first kappa shape index (κ1) is 9.18. The summed E-state index contributed by atoms with van der Waals surface area (Å²) >= 11 is 0. The monoisotopic (exact) mass is 215 g/mol. The van der Waals surface area contributed by atoms with Gasteiger partial charge in [-0.15, -0.1) is 0 Å².